The van der Waals surface area contributed by atoms with Gasteiger partial charge in [0.05, 0.1) is 38.6 Å². The van der Waals surface area contributed by atoms with Gasteiger partial charge in [-0.2, -0.15) is 0 Å². The van der Waals surface area contributed by atoms with Crippen LogP contribution in [0.3, 0.4) is 0 Å². The number of nitrogens with zero attached hydrogens (tertiary/aromatic N) is 2. The molecule has 4 heteroatoms. The third kappa shape index (κ3) is 2.73. The summed E-state index contributed by atoms with van der Waals surface area (Å²) in [6, 6.07) is 12.5. The summed E-state index contributed by atoms with van der Waals surface area (Å²) in [6.45, 7) is 7.60. The van der Waals surface area contributed by atoms with E-state index in [1.54, 1.807) is 12.1 Å². The molecule has 2 aliphatic rings. The number of anilines is 1. The first-order valence-electron chi connectivity index (χ1n) is 9.45. The van der Waals surface area contributed by atoms with Gasteiger partial charge in [-0.15, -0.1) is 0 Å². The summed E-state index contributed by atoms with van der Waals surface area (Å²) >= 11 is 0. The minimum atomic E-state index is -0.314. The number of hydrogen-bond acceptors (Lipinski definition) is 1. The van der Waals surface area contributed by atoms with Gasteiger partial charge in [0, 0.05) is 17.7 Å². The number of fused-ring (bicyclic) bond motifs is 3. The highest BCUT2D eigenvalue weighted by Crippen LogP contribution is 2.46. The van der Waals surface area contributed by atoms with Gasteiger partial charge in [-0.3, -0.25) is 4.79 Å². The first kappa shape index (κ1) is 17.2. The van der Waals surface area contributed by atoms with Gasteiger partial charge in [-0.05, 0) is 49.7 Å². The molecule has 1 fully saturated rings. The van der Waals surface area contributed by atoms with Gasteiger partial charge in [-0.1, -0.05) is 17.7 Å². The van der Waals surface area contributed by atoms with Gasteiger partial charge in [0.2, 0.25) is 0 Å². The summed E-state index contributed by atoms with van der Waals surface area (Å²) in [5.74, 6) is 0.0359. The Bertz CT molecular complexity index is 848. The first-order chi connectivity index (χ1) is 12.4. The lowest BCUT2D eigenvalue weighted by Gasteiger charge is -2.43. The SMILES string of the molecule is CC[N@+]1(C)CC[C@H]2[C@H](C1)c1cc(C)ccc1N2C(=O)c1ccc(F)cc1. The Hall–Kier alpha value is -2.20. The third-order valence-corrected chi connectivity index (χ3v) is 6.31. The molecule has 3 atom stereocenters. The molecule has 0 bridgehead atoms. The Morgan fingerprint density at radius 1 is 1.23 bits per heavy atom. The van der Waals surface area contributed by atoms with E-state index in [0.717, 1.165) is 36.2 Å². The van der Waals surface area contributed by atoms with E-state index in [1.165, 1.54) is 23.3 Å². The van der Waals surface area contributed by atoms with E-state index < -0.39 is 0 Å². The number of hydrogen-bond donors (Lipinski definition) is 0. The molecule has 2 aliphatic heterocycles. The number of piperidine rings is 1. The highest BCUT2D eigenvalue weighted by Gasteiger charge is 2.48. The second-order valence-electron chi connectivity index (χ2n) is 8.05. The fourth-order valence-corrected chi connectivity index (χ4v) is 4.60. The fraction of sp³-hybridized carbons (Fsp3) is 0.409. The van der Waals surface area contributed by atoms with Crippen LogP contribution in [0, 0.1) is 12.7 Å². The van der Waals surface area contributed by atoms with Crippen molar-refractivity contribution in [3.05, 3.63) is 65.0 Å². The first-order valence-corrected chi connectivity index (χ1v) is 9.45. The Morgan fingerprint density at radius 3 is 2.65 bits per heavy atom. The molecule has 2 aromatic rings. The Kier molecular flexibility index (Phi) is 4.11. The van der Waals surface area contributed by atoms with Crippen LogP contribution in [0.5, 0.6) is 0 Å². The molecule has 4 rings (SSSR count). The quantitative estimate of drug-likeness (QED) is 0.744. The smallest absolute Gasteiger partial charge is 0.258 e. The van der Waals surface area contributed by atoms with Crippen LogP contribution in [0.2, 0.25) is 0 Å². The monoisotopic (exact) mass is 353 g/mol. The van der Waals surface area contributed by atoms with E-state index in [1.807, 2.05) is 4.90 Å². The van der Waals surface area contributed by atoms with Crippen LogP contribution in [-0.2, 0) is 0 Å². The highest BCUT2D eigenvalue weighted by molar-refractivity contribution is 6.08. The number of halogens is 1. The van der Waals surface area contributed by atoms with Crippen molar-refractivity contribution in [3.63, 3.8) is 0 Å². The molecule has 0 unspecified atom stereocenters. The molecular weight excluding hydrogens is 327 g/mol. The highest BCUT2D eigenvalue weighted by atomic mass is 19.1. The maximum Gasteiger partial charge on any atom is 0.258 e. The summed E-state index contributed by atoms with van der Waals surface area (Å²) in [6.07, 6.45) is 0.996. The molecule has 0 aromatic heterocycles. The lowest BCUT2D eigenvalue weighted by Crippen LogP contribution is -2.56. The van der Waals surface area contributed by atoms with Crippen molar-refractivity contribution in [2.75, 3.05) is 31.6 Å². The van der Waals surface area contributed by atoms with Crippen molar-refractivity contribution in [3.8, 4) is 0 Å². The van der Waals surface area contributed by atoms with Crippen molar-refractivity contribution in [1.82, 2.24) is 0 Å². The van der Waals surface area contributed by atoms with Gasteiger partial charge in [0.1, 0.15) is 5.82 Å². The van der Waals surface area contributed by atoms with Crippen LogP contribution in [-0.4, -0.2) is 43.1 Å². The van der Waals surface area contributed by atoms with Crippen LogP contribution in [0.25, 0.3) is 0 Å². The average molecular weight is 353 g/mol. The van der Waals surface area contributed by atoms with E-state index in [2.05, 4.69) is 39.1 Å². The molecule has 0 radical (unpaired) electrons. The molecular formula is C22H26FN2O+. The molecule has 136 valence electrons. The van der Waals surface area contributed by atoms with Gasteiger partial charge < -0.3 is 9.38 Å². The molecule has 0 saturated carbocycles. The van der Waals surface area contributed by atoms with E-state index in [0.29, 0.717) is 11.5 Å². The lowest BCUT2D eigenvalue weighted by molar-refractivity contribution is -0.913. The Balaban J connectivity index is 1.76. The van der Waals surface area contributed by atoms with Gasteiger partial charge in [-0.25, -0.2) is 4.39 Å². The molecule has 1 saturated heterocycles. The van der Waals surface area contributed by atoms with Crippen LogP contribution < -0.4 is 4.90 Å². The van der Waals surface area contributed by atoms with E-state index in [-0.39, 0.29) is 17.8 Å². The summed E-state index contributed by atoms with van der Waals surface area (Å²) in [5, 5.41) is 0. The normalized spacial score (nSPS) is 27.2. The summed E-state index contributed by atoms with van der Waals surface area (Å²) in [5.41, 5.74) is 4.11. The average Bonchev–Trinajstić information content (AvgIpc) is 2.94. The zero-order chi connectivity index (χ0) is 18.5. The topological polar surface area (TPSA) is 20.3 Å². The van der Waals surface area contributed by atoms with Crippen molar-refractivity contribution in [1.29, 1.82) is 0 Å². The van der Waals surface area contributed by atoms with Crippen molar-refractivity contribution in [2.45, 2.75) is 32.2 Å². The van der Waals surface area contributed by atoms with Gasteiger partial charge in [0.25, 0.3) is 5.91 Å². The van der Waals surface area contributed by atoms with Crippen molar-refractivity contribution >= 4 is 11.6 Å². The predicted octanol–water partition coefficient (Wildman–Crippen LogP) is 4.12. The fourth-order valence-electron chi connectivity index (χ4n) is 4.60. The predicted molar refractivity (Wildman–Crippen MR) is 102 cm³/mol. The standard InChI is InChI=1S/C22H26FN2O/c1-4-25(3)12-11-21-19(14-25)18-13-15(2)5-10-20(18)24(21)22(26)16-6-8-17(23)9-7-16/h5-10,13,19,21H,4,11-12,14H2,1-3H3/q+1/t19-,21+,25-/m1/s1. The van der Waals surface area contributed by atoms with Crippen LogP contribution in [0.1, 0.15) is 40.7 Å². The molecule has 3 nitrogen and oxygen atoms in total. The number of aryl methyl sites for hydroxylation is 1. The van der Waals surface area contributed by atoms with Crippen LogP contribution >= 0.6 is 0 Å². The van der Waals surface area contributed by atoms with Crippen LogP contribution in [0.15, 0.2) is 42.5 Å². The second-order valence-corrected chi connectivity index (χ2v) is 8.05. The van der Waals surface area contributed by atoms with E-state index >= 15 is 0 Å². The zero-order valence-electron chi connectivity index (χ0n) is 15.7. The largest absolute Gasteiger partial charge is 0.326 e. The molecule has 1 amide bonds. The number of rotatable bonds is 2. The van der Waals surface area contributed by atoms with Gasteiger partial charge in [0.15, 0.2) is 0 Å². The Morgan fingerprint density at radius 2 is 1.96 bits per heavy atom. The van der Waals surface area contributed by atoms with Crippen molar-refractivity contribution < 1.29 is 13.7 Å². The number of likely N-dealkylation sites (N-methyl/N-ethyl adjacent to an activating group) is 1. The minimum absolute atomic E-state index is 0.0183. The number of carbonyl (C=O) groups is 1. The molecule has 0 N–H and O–H groups in total. The third-order valence-electron chi connectivity index (χ3n) is 6.31. The summed E-state index contributed by atoms with van der Waals surface area (Å²) in [7, 11) is 2.32. The summed E-state index contributed by atoms with van der Waals surface area (Å²) in [4.78, 5) is 15.3. The van der Waals surface area contributed by atoms with Crippen LogP contribution in [0.4, 0.5) is 10.1 Å². The zero-order valence-corrected chi connectivity index (χ0v) is 15.7. The molecule has 26 heavy (non-hydrogen) atoms. The van der Waals surface area contributed by atoms with E-state index in [4.69, 9.17) is 0 Å². The maximum absolute atomic E-state index is 13.3. The lowest BCUT2D eigenvalue weighted by atomic mass is 9.87. The number of benzene rings is 2. The number of likely N-dealkylation sites (tertiary alicyclic amines) is 1. The second kappa shape index (κ2) is 6.20. The number of quaternary nitrogens is 1. The number of carbonyl (C=O) groups excluding carboxylic acids is 1. The van der Waals surface area contributed by atoms with E-state index in [9.17, 15) is 9.18 Å². The minimum Gasteiger partial charge on any atom is -0.326 e. The molecule has 0 aliphatic carbocycles. The molecule has 0 spiro atoms. The maximum atomic E-state index is 13.3. The summed E-state index contributed by atoms with van der Waals surface area (Å²) < 4.78 is 14.3. The van der Waals surface area contributed by atoms with Gasteiger partial charge >= 0.3 is 0 Å². The molecule has 2 aromatic carbocycles. The number of amides is 1. The Labute approximate surface area is 154 Å². The van der Waals surface area contributed by atoms with Crippen molar-refractivity contribution in [2.24, 2.45) is 0 Å². The molecule has 2 heterocycles.